The number of nitrogens with zero attached hydrogens (tertiary/aromatic N) is 3. The van der Waals surface area contributed by atoms with Crippen LogP contribution in [0.2, 0.25) is 0 Å². The van der Waals surface area contributed by atoms with E-state index in [0.29, 0.717) is 0 Å². The Morgan fingerprint density at radius 2 is 2.44 bits per heavy atom. The summed E-state index contributed by atoms with van der Waals surface area (Å²) in [5, 5.41) is 5.29. The van der Waals surface area contributed by atoms with Crippen molar-refractivity contribution < 1.29 is 0 Å². The minimum absolute atomic E-state index is 0.832. The van der Waals surface area contributed by atoms with E-state index in [9.17, 15) is 0 Å². The highest BCUT2D eigenvalue weighted by atomic mass is 32.2. The van der Waals surface area contributed by atoms with Crippen LogP contribution in [-0.2, 0) is 0 Å². The third-order valence-corrected chi connectivity index (χ3v) is 3.01. The minimum Gasteiger partial charge on any atom is -0.264 e. The second kappa shape index (κ2) is 5.18. The van der Waals surface area contributed by atoms with Crippen molar-refractivity contribution in [3.63, 3.8) is 0 Å². The molecule has 0 amide bonds. The molecule has 84 valence electrons. The Labute approximate surface area is 100 Å². The molecule has 0 atom stereocenters. The minimum atomic E-state index is 0.832. The van der Waals surface area contributed by atoms with Crippen LogP contribution < -0.4 is 5.01 Å². The average molecular weight is 233 g/mol. The molecule has 16 heavy (non-hydrogen) atoms. The Hall–Kier alpha value is -1.26. The Morgan fingerprint density at radius 1 is 1.56 bits per heavy atom. The Morgan fingerprint density at radius 3 is 3.19 bits per heavy atom. The summed E-state index contributed by atoms with van der Waals surface area (Å²) in [6, 6.07) is 6.07. The second-order valence-electron chi connectivity index (χ2n) is 3.43. The van der Waals surface area contributed by atoms with Crippen molar-refractivity contribution in [3.8, 4) is 0 Å². The molecule has 0 aliphatic carbocycles. The van der Waals surface area contributed by atoms with E-state index in [0.717, 1.165) is 23.9 Å². The molecular formula is C12H15N3S. The highest BCUT2D eigenvalue weighted by Crippen LogP contribution is 2.21. The average Bonchev–Trinajstić information content (AvgIpc) is 2.78. The van der Waals surface area contributed by atoms with E-state index in [1.165, 1.54) is 0 Å². The molecule has 0 bridgehead atoms. The number of aromatic nitrogens is 1. The van der Waals surface area contributed by atoms with Gasteiger partial charge in [-0.05, 0) is 18.4 Å². The lowest BCUT2D eigenvalue weighted by atomic mass is 10.4. The van der Waals surface area contributed by atoms with E-state index >= 15 is 0 Å². The largest absolute Gasteiger partial charge is 0.264 e. The van der Waals surface area contributed by atoms with Crippen LogP contribution in [0.3, 0.4) is 0 Å². The predicted molar refractivity (Wildman–Crippen MR) is 69.4 cm³/mol. The molecule has 0 saturated heterocycles. The maximum atomic E-state index is 4.57. The molecule has 2 heterocycles. The molecule has 0 N–H and O–H groups in total. The van der Waals surface area contributed by atoms with Crippen molar-refractivity contribution >= 4 is 17.6 Å². The molecule has 3 nitrogen and oxygen atoms in total. The zero-order chi connectivity index (χ0) is 11.4. The van der Waals surface area contributed by atoms with E-state index in [-0.39, 0.29) is 0 Å². The van der Waals surface area contributed by atoms with Gasteiger partial charge in [-0.2, -0.15) is 0 Å². The summed E-state index contributed by atoms with van der Waals surface area (Å²) in [4.78, 5) is 4.57. The molecule has 1 aliphatic heterocycles. The van der Waals surface area contributed by atoms with Crippen molar-refractivity contribution in [3.05, 3.63) is 43.1 Å². The van der Waals surface area contributed by atoms with Gasteiger partial charge >= 0.3 is 0 Å². The van der Waals surface area contributed by atoms with Gasteiger partial charge in [-0.3, -0.25) is 5.01 Å². The molecule has 0 saturated carbocycles. The molecule has 1 aromatic rings. The van der Waals surface area contributed by atoms with Crippen molar-refractivity contribution in [1.29, 1.82) is 0 Å². The lowest BCUT2D eigenvalue weighted by molar-refractivity contribution is 0.355. The van der Waals surface area contributed by atoms with Crippen LogP contribution in [0.5, 0.6) is 0 Å². The molecule has 0 aromatic carbocycles. The summed E-state index contributed by atoms with van der Waals surface area (Å²) in [5.41, 5.74) is 0. The van der Waals surface area contributed by atoms with Gasteiger partial charge in [0.2, 0.25) is 0 Å². The summed E-state index contributed by atoms with van der Waals surface area (Å²) in [7, 11) is 0. The van der Waals surface area contributed by atoms with Gasteiger partial charge in [-0.1, -0.05) is 18.2 Å². The summed E-state index contributed by atoms with van der Waals surface area (Å²) in [6.45, 7) is 5.51. The molecule has 2 rings (SSSR count). The maximum Gasteiger partial charge on any atom is 0.148 e. The van der Waals surface area contributed by atoms with Gasteiger partial charge in [0.15, 0.2) is 0 Å². The topological polar surface area (TPSA) is 19.4 Å². The summed E-state index contributed by atoms with van der Waals surface area (Å²) >= 11 is 1.66. The number of hydrazine groups is 1. The fourth-order valence-electron chi connectivity index (χ4n) is 1.63. The number of thioether (sulfide) groups is 1. The molecule has 1 aliphatic rings. The zero-order valence-corrected chi connectivity index (χ0v) is 10.2. The third-order valence-electron chi connectivity index (χ3n) is 2.36. The van der Waals surface area contributed by atoms with Gasteiger partial charge < -0.3 is 0 Å². The molecule has 0 spiro atoms. The van der Waals surface area contributed by atoms with Crippen LogP contribution in [0.25, 0.3) is 0 Å². The fourth-order valence-corrected chi connectivity index (χ4v) is 2.03. The van der Waals surface area contributed by atoms with E-state index in [1.54, 1.807) is 11.8 Å². The smallest absolute Gasteiger partial charge is 0.148 e. The lowest BCUT2D eigenvalue weighted by Crippen LogP contribution is -2.35. The van der Waals surface area contributed by atoms with Crippen LogP contribution in [-0.4, -0.2) is 29.3 Å². The van der Waals surface area contributed by atoms with Gasteiger partial charge in [0.1, 0.15) is 5.82 Å². The molecular weight excluding hydrogens is 218 g/mol. The molecule has 1 aromatic heterocycles. The molecule has 0 fully saturated rings. The first kappa shape index (κ1) is 11.2. The highest BCUT2D eigenvalue weighted by molar-refractivity contribution is 7.98. The van der Waals surface area contributed by atoms with Gasteiger partial charge in [0.05, 0.1) is 5.03 Å². The summed E-state index contributed by atoms with van der Waals surface area (Å²) < 4.78 is 0. The first-order valence-electron chi connectivity index (χ1n) is 5.18. The number of anilines is 1. The van der Waals surface area contributed by atoms with E-state index in [4.69, 9.17) is 0 Å². The zero-order valence-electron chi connectivity index (χ0n) is 9.34. The Bertz CT molecular complexity index is 403. The normalized spacial score (nSPS) is 15.7. The predicted octanol–water partition coefficient (Wildman–Crippen LogP) is 2.54. The van der Waals surface area contributed by atoms with Crippen LogP contribution in [0.15, 0.2) is 48.2 Å². The highest BCUT2D eigenvalue weighted by Gasteiger charge is 2.17. The van der Waals surface area contributed by atoms with Crippen LogP contribution in [0.1, 0.15) is 0 Å². The third kappa shape index (κ3) is 2.28. The lowest BCUT2D eigenvalue weighted by Gasteiger charge is -2.27. The van der Waals surface area contributed by atoms with Gasteiger partial charge in [0, 0.05) is 19.3 Å². The molecule has 4 heteroatoms. The standard InChI is InChI=1S/C12H15N3S/c1-3-8-14-9-5-10-15(14)11-6-4-7-12(13-11)16-2/h3-7,10H,1,8-9H2,2H3. The van der Waals surface area contributed by atoms with Crippen molar-refractivity contribution in [2.24, 2.45) is 0 Å². The van der Waals surface area contributed by atoms with E-state index < -0.39 is 0 Å². The van der Waals surface area contributed by atoms with Crippen molar-refractivity contribution in [2.75, 3.05) is 24.4 Å². The van der Waals surface area contributed by atoms with Gasteiger partial charge in [-0.25, -0.2) is 9.99 Å². The Kier molecular flexibility index (Phi) is 3.64. The number of pyridine rings is 1. The van der Waals surface area contributed by atoms with Crippen LogP contribution >= 0.6 is 11.8 Å². The van der Waals surface area contributed by atoms with Gasteiger partial charge in [0.25, 0.3) is 0 Å². The number of hydrogen-bond acceptors (Lipinski definition) is 4. The van der Waals surface area contributed by atoms with E-state index in [2.05, 4.69) is 33.9 Å². The molecule has 0 unspecified atom stereocenters. The first-order valence-corrected chi connectivity index (χ1v) is 6.40. The van der Waals surface area contributed by atoms with Gasteiger partial charge in [-0.15, -0.1) is 18.3 Å². The summed E-state index contributed by atoms with van der Waals surface area (Å²) in [6.07, 6.45) is 8.11. The van der Waals surface area contributed by atoms with Crippen molar-refractivity contribution in [2.45, 2.75) is 5.03 Å². The van der Waals surface area contributed by atoms with Crippen LogP contribution in [0.4, 0.5) is 5.82 Å². The Balaban J connectivity index is 2.21. The van der Waals surface area contributed by atoms with Crippen LogP contribution in [0, 0.1) is 0 Å². The van der Waals surface area contributed by atoms with E-state index in [1.807, 2.05) is 30.5 Å². The number of hydrogen-bond donors (Lipinski definition) is 0. The summed E-state index contributed by atoms with van der Waals surface area (Å²) in [5.74, 6) is 0.961. The SMILES string of the molecule is C=CCN1CC=CN1c1cccc(SC)n1. The monoisotopic (exact) mass is 233 g/mol. The first-order chi connectivity index (χ1) is 7.85. The molecule has 0 radical (unpaired) electrons. The fraction of sp³-hybridized carbons (Fsp3) is 0.250. The second-order valence-corrected chi connectivity index (χ2v) is 4.25. The number of rotatable bonds is 4. The van der Waals surface area contributed by atoms with Crippen molar-refractivity contribution in [1.82, 2.24) is 9.99 Å². The quantitative estimate of drug-likeness (QED) is 0.587. The maximum absolute atomic E-state index is 4.57.